The van der Waals surface area contributed by atoms with Crippen LogP contribution in [-0.2, 0) is 0 Å². The van der Waals surface area contributed by atoms with Gasteiger partial charge in [-0.25, -0.2) is 6.57 Å². The van der Waals surface area contributed by atoms with E-state index in [9.17, 15) is 0 Å². The highest BCUT2D eigenvalue weighted by atomic mass is 32.2. The van der Waals surface area contributed by atoms with Crippen molar-refractivity contribution >= 4 is 39.3 Å². The zero-order chi connectivity index (χ0) is 14.2. The molecule has 4 heteroatoms. The van der Waals surface area contributed by atoms with E-state index in [-0.39, 0.29) is 0 Å². The lowest BCUT2D eigenvalue weighted by molar-refractivity contribution is 0.563. The van der Waals surface area contributed by atoms with Crippen LogP contribution in [0.1, 0.15) is 71.1 Å². The Labute approximate surface area is 133 Å². The monoisotopic (exact) mass is 317 g/mol. The van der Waals surface area contributed by atoms with Crippen LogP contribution in [0.15, 0.2) is 0 Å². The molecule has 110 valence electrons. The van der Waals surface area contributed by atoms with Gasteiger partial charge in [0.2, 0.25) is 0 Å². The number of nitrogens with zero attached hydrogens (tertiary/aromatic N) is 1. The first-order chi connectivity index (χ1) is 9.31. The fourth-order valence-corrected chi connectivity index (χ4v) is 3.71. The van der Waals surface area contributed by atoms with Gasteiger partial charge in [0.25, 0.3) is 5.88 Å². The zero-order valence-corrected chi connectivity index (χ0v) is 14.6. The number of thiocarbonyl (C=S) groups is 1. The molecule has 0 aromatic rings. The lowest BCUT2D eigenvalue weighted by Gasteiger charge is -2.02. The molecule has 19 heavy (non-hydrogen) atoms. The summed E-state index contributed by atoms with van der Waals surface area (Å²) in [6.45, 7) is 8.96. The second kappa shape index (κ2) is 16.3. The molecular weight excluding hydrogens is 290 g/mol. The van der Waals surface area contributed by atoms with Gasteiger partial charge in [-0.3, -0.25) is 0 Å². The smallest absolute Gasteiger partial charge is 0.265 e. The molecule has 0 aromatic heterocycles. The SMILES string of the molecule is [C-]#[N+]CSC(=S)SCCCCCCCCCCCC. The average Bonchev–Trinajstić information content (AvgIpc) is 2.42. The molecule has 0 unspecified atom stereocenters. The maximum Gasteiger partial charge on any atom is 0.265 e. The minimum atomic E-state index is 0.476. The van der Waals surface area contributed by atoms with Crippen molar-refractivity contribution < 1.29 is 0 Å². The van der Waals surface area contributed by atoms with Crippen molar-refractivity contribution in [2.75, 3.05) is 11.6 Å². The lowest BCUT2D eigenvalue weighted by atomic mass is 10.1. The third-order valence-electron chi connectivity index (χ3n) is 2.96. The van der Waals surface area contributed by atoms with Crippen molar-refractivity contribution in [3.05, 3.63) is 11.4 Å². The molecule has 0 aromatic carbocycles. The molecule has 0 atom stereocenters. The molecule has 0 saturated heterocycles. The van der Waals surface area contributed by atoms with Crippen molar-refractivity contribution in [2.24, 2.45) is 0 Å². The van der Waals surface area contributed by atoms with E-state index < -0.39 is 0 Å². The molecule has 0 radical (unpaired) electrons. The Bertz CT molecular complexity index is 248. The standard InChI is InChI=1S/C15H27NS3/c1-3-4-5-6-7-8-9-10-11-12-13-18-15(17)19-14-16-2/h3-14H2,1H3. The summed E-state index contributed by atoms with van der Waals surface area (Å²) in [6, 6.07) is 0. The molecule has 0 amide bonds. The average molecular weight is 318 g/mol. The summed E-state index contributed by atoms with van der Waals surface area (Å²) >= 11 is 8.41. The largest absolute Gasteiger partial charge is 0.305 e. The van der Waals surface area contributed by atoms with Crippen LogP contribution >= 0.6 is 35.7 Å². The van der Waals surface area contributed by atoms with Crippen LogP contribution in [-0.4, -0.2) is 15.2 Å². The van der Waals surface area contributed by atoms with Gasteiger partial charge in [0.15, 0.2) is 0 Å². The van der Waals surface area contributed by atoms with Gasteiger partial charge in [-0.15, -0.1) is 11.8 Å². The molecule has 0 aliphatic carbocycles. The van der Waals surface area contributed by atoms with E-state index in [0.717, 1.165) is 9.28 Å². The molecule has 1 nitrogen and oxygen atoms in total. The van der Waals surface area contributed by atoms with Gasteiger partial charge < -0.3 is 4.85 Å². The van der Waals surface area contributed by atoms with Crippen LogP contribution in [0.2, 0.25) is 0 Å². The van der Waals surface area contributed by atoms with Crippen LogP contribution in [0, 0.1) is 6.57 Å². The van der Waals surface area contributed by atoms with Crippen molar-refractivity contribution in [3.63, 3.8) is 0 Å². The van der Waals surface area contributed by atoms with Crippen LogP contribution in [0.25, 0.3) is 4.85 Å². The van der Waals surface area contributed by atoms with Gasteiger partial charge in [0.1, 0.15) is 3.53 Å². The Morgan fingerprint density at radius 3 is 1.95 bits per heavy atom. The number of hydrogen-bond donors (Lipinski definition) is 0. The summed E-state index contributed by atoms with van der Waals surface area (Å²) in [7, 11) is 0. The topological polar surface area (TPSA) is 4.36 Å². The van der Waals surface area contributed by atoms with Crippen LogP contribution in [0.5, 0.6) is 0 Å². The van der Waals surface area contributed by atoms with Gasteiger partial charge in [0, 0.05) is 0 Å². The van der Waals surface area contributed by atoms with E-state index in [1.165, 1.54) is 76.0 Å². The highest BCUT2D eigenvalue weighted by Gasteiger charge is 2.00. The van der Waals surface area contributed by atoms with Crippen molar-refractivity contribution in [1.29, 1.82) is 0 Å². The van der Waals surface area contributed by atoms with Gasteiger partial charge in [-0.2, -0.15) is 0 Å². The Balaban J connectivity index is 3.07. The van der Waals surface area contributed by atoms with E-state index in [0.29, 0.717) is 5.88 Å². The van der Waals surface area contributed by atoms with Crippen molar-refractivity contribution in [2.45, 2.75) is 71.1 Å². The van der Waals surface area contributed by atoms with Crippen molar-refractivity contribution in [1.82, 2.24) is 0 Å². The van der Waals surface area contributed by atoms with E-state index in [1.54, 1.807) is 11.8 Å². The van der Waals surface area contributed by atoms with E-state index in [4.69, 9.17) is 18.8 Å². The molecule has 0 fully saturated rings. The van der Waals surface area contributed by atoms with Gasteiger partial charge in [-0.05, 0) is 23.9 Å². The fourth-order valence-electron chi connectivity index (χ4n) is 1.87. The molecule has 0 bridgehead atoms. The lowest BCUT2D eigenvalue weighted by Crippen LogP contribution is -1.87. The predicted octanol–water partition coefficient (Wildman–Crippen LogP) is 6.54. The molecular formula is C15H27NS3. The Kier molecular flexibility index (Phi) is 16.6. The van der Waals surface area contributed by atoms with Gasteiger partial charge in [0.05, 0.1) is 0 Å². The summed E-state index contributed by atoms with van der Waals surface area (Å²) < 4.78 is 0.937. The maximum atomic E-state index is 6.69. The van der Waals surface area contributed by atoms with Gasteiger partial charge >= 0.3 is 0 Å². The Morgan fingerprint density at radius 2 is 1.42 bits per heavy atom. The van der Waals surface area contributed by atoms with E-state index >= 15 is 0 Å². The normalized spacial score (nSPS) is 10.3. The number of thioether (sulfide) groups is 2. The fraction of sp³-hybridized carbons (Fsp3) is 0.867. The third-order valence-corrected chi connectivity index (χ3v) is 5.60. The van der Waals surface area contributed by atoms with Crippen LogP contribution in [0.3, 0.4) is 0 Å². The summed E-state index contributed by atoms with van der Waals surface area (Å²) in [5, 5.41) is 0. The van der Waals surface area contributed by atoms with Crippen molar-refractivity contribution in [3.8, 4) is 0 Å². The second-order valence-corrected chi connectivity index (χ2v) is 7.96. The quantitative estimate of drug-likeness (QED) is 0.229. The predicted molar refractivity (Wildman–Crippen MR) is 96.0 cm³/mol. The number of unbranched alkanes of at least 4 members (excludes halogenated alkanes) is 9. The summed E-state index contributed by atoms with van der Waals surface area (Å²) in [4.78, 5) is 3.29. The minimum absolute atomic E-state index is 0.476. The van der Waals surface area contributed by atoms with E-state index in [1.807, 2.05) is 0 Å². The first kappa shape index (κ1) is 19.3. The van der Waals surface area contributed by atoms with Crippen LogP contribution in [0.4, 0.5) is 0 Å². The molecule has 0 spiro atoms. The highest BCUT2D eigenvalue weighted by molar-refractivity contribution is 8.47. The number of hydrogen-bond acceptors (Lipinski definition) is 3. The Hall–Kier alpha value is 0.280. The zero-order valence-electron chi connectivity index (χ0n) is 12.2. The minimum Gasteiger partial charge on any atom is -0.305 e. The first-order valence-corrected chi connectivity index (χ1v) is 9.82. The van der Waals surface area contributed by atoms with E-state index in [2.05, 4.69) is 11.8 Å². The molecule has 0 rings (SSSR count). The molecule has 0 heterocycles. The van der Waals surface area contributed by atoms with Crippen LogP contribution < -0.4 is 0 Å². The summed E-state index contributed by atoms with van der Waals surface area (Å²) in [5.74, 6) is 1.60. The summed E-state index contributed by atoms with van der Waals surface area (Å²) in [5.41, 5.74) is 0. The molecule has 0 N–H and O–H groups in total. The number of rotatable bonds is 12. The Morgan fingerprint density at radius 1 is 0.895 bits per heavy atom. The second-order valence-electron chi connectivity index (χ2n) is 4.71. The molecule has 0 aliphatic heterocycles. The highest BCUT2D eigenvalue weighted by Crippen LogP contribution is 2.19. The summed E-state index contributed by atoms with van der Waals surface area (Å²) in [6.07, 6.45) is 13.8. The first-order valence-electron chi connectivity index (χ1n) is 7.44. The molecule has 0 saturated carbocycles. The van der Waals surface area contributed by atoms with Gasteiger partial charge in [-0.1, -0.05) is 76.9 Å². The maximum absolute atomic E-state index is 6.69. The molecule has 0 aliphatic rings. The third kappa shape index (κ3) is 16.2.